The van der Waals surface area contributed by atoms with Gasteiger partial charge in [0.1, 0.15) is 6.54 Å². The van der Waals surface area contributed by atoms with Crippen LogP contribution in [0, 0.1) is 6.92 Å². The lowest BCUT2D eigenvalue weighted by Gasteiger charge is -2.00. The molecule has 0 aliphatic carbocycles. The van der Waals surface area contributed by atoms with Crippen LogP contribution >= 0.6 is 11.3 Å². The maximum absolute atomic E-state index is 3.34. The van der Waals surface area contributed by atoms with Crippen molar-refractivity contribution in [3.8, 4) is 0 Å². The zero-order valence-electron chi connectivity index (χ0n) is 11.1. The third-order valence-corrected chi connectivity index (χ3v) is 4.46. The normalized spacial score (nSPS) is 11.2. The predicted octanol–water partition coefficient (Wildman–Crippen LogP) is 2.84. The molecule has 0 aliphatic rings. The second kappa shape index (κ2) is 5.59. The minimum atomic E-state index is 1.10. The van der Waals surface area contributed by atoms with E-state index in [9.17, 15) is 0 Å². The molecular formula is C16H19N2S+. The number of quaternary nitrogens is 1. The molecule has 3 N–H and O–H groups in total. The number of hydrogen-bond donors (Lipinski definition) is 2. The van der Waals surface area contributed by atoms with Crippen molar-refractivity contribution < 1.29 is 5.32 Å². The fourth-order valence-electron chi connectivity index (χ4n) is 2.44. The summed E-state index contributed by atoms with van der Waals surface area (Å²) in [6.45, 7) is 4.40. The standard InChI is InChI=1S/C16H18N2S/c1-12-6-7-14(19-12)11-17-9-8-13-10-18-16-5-3-2-4-15(13)16/h2-7,10,17-18H,8-9,11H2,1H3/p+1. The predicted molar refractivity (Wildman–Crippen MR) is 81.6 cm³/mol. The lowest BCUT2D eigenvalue weighted by Crippen LogP contribution is -2.82. The molecule has 3 aromatic rings. The highest BCUT2D eigenvalue weighted by atomic mass is 32.1. The number of rotatable bonds is 5. The van der Waals surface area contributed by atoms with E-state index in [1.54, 1.807) is 0 Å². The summed E-state index contributed by atoms with van der Waals surface area (Å²) in [6, 6.07) is 13.0. The second-order valence-corrected chi connectivity index (χ2v) is 6.28. The molecule has 2 aromatic heterocycles. The Morgan fingerprint density at radius 1 is 1.16 bits per heavy atom. The minimum Gasteiger partial charge on any atom is -0.361 e. The van der Waals surface area contributed by atoms with E-state index in [1.165, 1.54) is 26.2 Å². The van der Waals surface area contributed by atoms with Crippen LogP contribution in [0.5, 0.6) is 0 Å². The molecule has 0 saturated heterocycles. The van der Waals surface area contributed by atoms with E-state index >= 15 is 0 Å². The van der Waals surface area contributed by atoms with E-state index in [4.69, 9.17) is 0 Å². The molecule has 0 aliphatic heterocycles. The van der Waals surface area contributed by atoms with Gasteiger partial charge in [-0.05, 0) is 30.7 Å². The van der Waals surface area contributed by atoms with Gasteiger partial charge in [-0.3, -0.25) is 0 Å². The van der Waals surface area contributed by atoms with Crippen molar-refractivity contribution in [2.45, 2.75) is 19.9 Å². The molecule has 0 unspecified atom stereocenters. The van der Waals surface area contributed by atoms with Gasteiger partial charge in [0.05, 0.1) is 11.4 Å². The molecule has 98 valence electrons. The molecule has 0 spiro atoms. The smallest absolute Gasteiger partial charge is 0.111 e. The van der Waals surface area contributed by atoms with Crippen LogP contribution in [0.25, 0.3) is 10.9 Å². The van der Waals surface area contributed by atoms with Crippen molar-refractivity contribution in [1.82, 2.24) is 4.98 Å². The highest BCUT2D eigenvalue weighted by Gasteiger charge is 2.04. The lowest BCUT2D eigenvalue weighted by atomic mass is 10.1. The van der Waals surface area contributed by atoms with Crippen molar-refractivity contribution in [1.29, 1.82) is 0 Å². The lowest BCUT2D eigenvalue weighted by molar-refractivity contribution is -0.669. The zero-order valence-corrected chi connectivity index (χ0v) is 12.0. The summed E-state index contributed by atoms with van der Waals surface area (Å²) in [6.07, 6.45) is 3.27. The van der Waals surface area contributed by atoms with E-state index in [-0.39, 0.29) is 0 Å². The second-order valence-electron chi connectivity index (χ2n) is 4.90. The van der Waals surface area contributed by atoms with Crippen LogP contribution in [0.15, 0.2) is 42.6 Å². The summed E-state index contributed by atoms with van der Waals surface area (Å²) in [4.78, 5) is 6.21. The number of para-hydroxylation sites is 1. The number of hydrogen-bond acceptors (Lipinski definition) is 1. The first-order chi connectivity index (χ1) is 9.33. The monoisotopic (exact) mass is 271 g/mol. The van der Waals surface area contributed by atoms with Gasteiger partial charge in [-0.1, -0.05) is 18.2 Å². The Morgan fingerprint density at radius 2 is 2.05 bits per heavy atom. The van der Waals surface area contributed by atoms with E-state index in [0.717, 1.165) is 19.5 Å². The Kier molecular flexibility index (Phi) is 3.67. The number of fused-ring (bicyclic) bond motifs is 1. The van der Waals surface area contributed by atoms with Crippen LogP contribution in [-0.2, 0) is 13.0 Å². The molecule has 0 amide bonds. The van der Waals surface area contributed by atoms with Crippen molar-refractivity contribution >= 4 is 22.2 Å². The van der Waals surface area contributed by atoms with Crippen molar-refractivity contribution in [2.24, 2.45) is 0 Å². The Hall–Kier alpha value is -1.58. The summed E-state index contributed by atoms with van der Waals surface area (Å²) in [7, 11) is 0. The van der Waals surface area contributed by atoms with Crippen LogP contribution in [-0.4, -0.2) is 11.5 Å². The van der Waals surface area contributed by atoms with Crippen LogP contribution in [0.1, 0.15) is 15.3 Å². The number of nitrogens with one attached hydrogen (secondary N) is 1. The molecule has 19 heavy (non-hydrogen) atoms. The summed E-state index contributed by atoms with van der Waals surface area (Å²) >= 11 is 1.90. The van der Waals surface area contributed by atoms with Gasteiger partial charge in [0.15, 0.2) is 0 Å². The maximum atomic E-state index is 3.34. The molecule has 1 aromatic carbocycles. The van der Waals surface area contributed by atoms with Gasteiger partial charge in [-0.25, -0.2) is 0 Å². The molecule has 0 radical (unpaired) electrons. The average molecular weight is 271 g/mol. The summed E-state index contributed by atoms with van der Waals surface area (Å²) in [5, 5.41) is 3.76. The van der Waals surface area contributed by atoms with Gasteiger partial charge >= 0.3 is 0 Å². The fourth-order valence-corrected chi connectivity index (χ4v) is 3.32. The van der Waals surface area contributed by atoms with E-state index < -0.39 is 0 Å². The number of H-pyrrole nitrogens is 1. The minimum absolute atomic E-state index is 1.10. The van der Waals surface area contributed by atoms with Crippen LogP contribution < -0.4 is 5.32 Å². The topological polar surface area (TPSA) is 32.4 Å². The molecular weight excluding hydrogens is 252 g/mol. The summed E-state index contributed by atoms with van der Waals surface area (Å²) in [5.41, 5.74) is 2.67. The van der Waals surface area contributed by atoms with E-state index in [2.05, 4.69) is 59.8 Å². The first kappa shape index (κ1) is 12.5. The van der Waals surface area contributed by atoms with Gasteiger partial charge < -0.3 is 10.3 Å². The molecule has 0 fully saturated rings. The number of aryl methyl sites for hydroxylation is 1. The molecule has 0 saturated carbocycles. The molecule has 0 atom stereocenters. The van der Waals surface area contributed by atoms with Gasteiger partial charge in [0.25, 0.3) is 0 Å². The molecule has 2 heterocycles. The summed E-state index contributed by atoms with van der Waals surface area (Å²) in [5.74, 6) is 0. The van der Waals surface area contributed by atoms with Gasteiger partial charge in [-0.2, -0.15) is 0 Å². The molecule has 3 heteroatoms. The van der Waals surface area contributed by atoms with Gasteiger partial charge in [0, 0.05) is 28.4 Å². The third kappa shape index (κ3) is 2.88. The Morgan fingerprint density at radius 3 is 2.89 bits per heavy atom. The Balaban J connectivity index is 1.55. The van der Waals surface area contributed by atoms with Crippen molar-refractivity contribution in [3.63, 3.8) is 0 Å². The quantitative estimate of drug-likeness (QED) is 0.669. The van der Waals surface area contributed by atoms with E-state index in [1.807, 2.05) is 11.3 Å². The van der Waals surface area contributed by atoms with Gasteiger partial charge in [-0.15, -0.1) is 11.3 Å². The third-order valence-electron chi connectivity index (χ3n) is 3.43. The number of nitrogens with two attached hydrogens (primary N) is 1. The molecule has 3 rings (SSSR count). The van der Waals surface area contributed by atoms with Crippen molar-refractivity contribution in [3.05, 3.63) is 57.9 Å². The highest BCUT2D eigenvalue weighted by molar-refractivity contribution is 7.11. The van der Waals surface area contributed by atoms with Crippen molar-refractivity contribution in [2.75, 3.05) is 6.54 Å². The molecule has 2 nitrogen and oxygen atoms in total. The summed E-state index contributed by atoms with van der Waals surface area (Å²) < 4.78 is 0. The fraction of sp³-hybridized carbons (Fsp3) is 0.250. The average Bonchev–Trinajstić information content (AvgIpc) is 3.02. The number of benzene rings is 1. The van der Waals surface area contributed by atoms with E-state index in [0.29, 0.717) is 0 Å². The number of aromatic nitrogens is 1. The van der Waals surface area contributed by atoms with Crippen LogP contribution in [0.3, 0.4) is 0 Å². The first-order valence-electron chi connectivity index (χ1n) is 6.75. The SMILES string of the molecule is Cc1ccc(C[NH2+]CCc2c[nH]c3ccccc23)s1. The number of aromatic amines is 1. The first-order valence-corrected chi connectivity index (χ1v) is 7.56. The molecule has 0 bridgehead atoms. The number of thiophene rings is 1. The maximum Gasteiger partial charge on any atom is 0.111 e. The Labute approximate surface area is 117 Å². The van der Waals surface area contributed by atoms with Crippen LogP contribution in [0.4, 0.5) is 0 Å². The van der Waals surface area contributed by atoms with Crippen LogP contribution in [0.2, 0.25) is 0 Å². The van der Waals surface area contributed by atoms with Gasteiger partial charge in [0.2, 0.25) is 0 Å². The largest absolute Gasteiger partial charge is 0.361 e. The highest BCUT2D eigenvalue weighted by Crippen LogP contribution is 2.17. The zero-order chi connectivity index (χ0) is 13.1. The Bertz CT molecular complexity index is 666.